The van der Waals surface area contributed by atoms with E-state index >= 15 is 0 Å². The van der Waals surface area contributed by atoms with Gasteiger partial charge in [-0.3, -0.25) is 4.79 Å². The summed E-state index contributed by atoms with van der Waals surface area (Å²) in [6.45, 7) is 0. The van der Waals surface area contributed by atoms with Crippen molar-refractivity contribution in [3.63, 3.8) is 0 Å². The number of rotatable bonds is 5. The van der Waals surface area contributed by atoms with Crippen molar-refractivity contribution in [2.75, 3.05) is 0 Å². The normalized spacial score (nSPS) is 23.3. The summed E-state index contributed by atoms with van der Waals surface area (Å²) in [6, 6.07) is 8.77. The fourth-order valence-corrected chi connectivity index (χ4v) is 2.86. The van der Waals surface area contributed by atoms with Crippen molar-refractivity contribution < 1.29 is 32.0 Å². The number of hydrogen-bond donors (Lipinski definition) is 1. The number of carbonyl (C=O) groups excluding carboxylic acids is 1. The zero-order valence-electron chi connectivity index (χ0n) is 16.5. The fraction of sp³-hybridized carbons (Fsp3) is 0.118. The van der Waals surface area contributed by atoms with Crippen LogP contribution in [0.3, 0.4) is 0 Å². The molecule has 1 atom stereocenters. The summed E-state index contributed by atoms with van der Waals surface area (Å²) in [5, 5.41) is 0. The molecule has 0 bridgehead atoms. The molecule has 25 heavy (non-hydrogen) atoms. The Morgan fingerprint density at radius 3 is 2.56 bits per heavy atom. The molecule has 0 aliphatic carbocycles. The van der Waals surface area contributed by atoms with Crippen LogP contribution in [0.2, 0.25) is 0 Å². The van der Waals surface area contributed by atoms with Crippen LogP contribution in [0.5, 0.6) is 0 Å². The molecule has 0 spiro atoms. The summed E-state index contributed by atoms with van der Waals surface area (Å²) in [6.07, 6.45) is -2.45. The highest BCUT2D eigenvalue weighted by molar-refractivity contribution is 7.86. The Bertz CT molecular complexity index is 1100. The highest BCUT2D eigenvalue weighted by Crippen LogP contribution is 2.32. The Morgan fingerprint density at radius 2 is 1.92 bits per heavy atom. The van der Waals surface area contributed by atoms with Gasteiger partial charge < -0.3 is 14.7 Å². The predicted octanol–water partition coefficient (Wildman–Crippen LogP) is 2.14. The van der Waals surface area contributed by atoms with Crippen molar-refractivity contribution in [3.8, 4) is 0 Å². The minimum absolute atomic E-state index is 0.0287. The van der Waals surface area contributed by atoms with E-state index in [0.29, 0.717) is 0 Å². The number of benzene rings is 2. The Kier molecular flexibility index (Phi) is 3.28. The zero-order chi connectivity index (χ0) is 21.6. The molecule has 2 N–H and O–H groups in total. The quantitative estimate of drug-likeness (QED) is 0.814. The van der Waals surface area contributed by atoms with Crippen LogP contribution in [0.15, 0.2) is 66.2 Å². The van der Waals surface area contributed by atoms with Gasteiger partial charge >= 0.3 is 10.1 Å². The third-order valence-electron chi connectivity index (χ3n) is 3.11. The van der Waals surface area contributed by atoms with Crippen molar-refractivity contribution in [2.45, 2.75) is 11.8 Å². The van der Waals surface area contributed by atoms with Gasteiger partial charge in [-0.1, -0.05) is 42.4 Å². The molecule has 0 aromatic heterocycles. The Morgan fingerprint density at radius 1 is 1.28 bits per heavy atom. The van der Waals surface area contributed by atoms with Gasteiger partial charge in [-0.05, 0) is 17.7 Å². The molecule has 2 aromatic carbocycles. The fourth-order valence-electron chi connectivity index (χ4n) is 2.02. The van der Waals surface area contributed by atoms with Crippen LogP contribution in [0.25, 0.3) is 0 Å². The molecule has 0 amide bonds. The van der Waals surface area contributed by atoms with Gasteiger partial charge in [-0.15, -0.1) is 0 Å². The van der Waals surface area contributed by atoms with E-state index in [1.54, 1.807) is 0 Å². The van der Waals surface area contributed by atoms with Crippen LogP contribution in [-0.2, 0) is 29.5 Å². The third kappa shape index (κ3) is 3.80. The maximum Gasteiger partial charge on any atom is 0.313 e. The first-order valence-corrected chi connectivity index (χ1v) is 8.30. The van der Waals surface area contributed by atoms with Gasteiger partial charge in [0, 0.05) is 5.56 Å². The average Bonchev–Trinajstić information content (AvgIpc) is 2.86. The molecule has 3 rings (SSSR count). The zero-order valence-corrected chi connectivity index (χ0v) is 13.3. The molecule has 6 nitrogen and oxygen atoms in total. The smallest absolute Gasteiger partial charge is 0.313 e. The highest BCUT2D eigenvalue weighted by Gasteiger charge is 2.39. The van der Waals surface area contributed by atoms with Crippen LogP contribution >= 0.6 is 0 Å². The molecule has 0 saturated carbocycles. The Hall–Kier alpha value is -2.87. The standard InChI is InChI=1S/C17H14FNO5S/c18-13-8-6-11(7-9-13)10-25(21,22)24-16-14(20)15(23-17(16)19)12-4-2-1-3-5-12/h1-9,15H,10,19H2/i1D,10D2,15D. The largest absolute Gasteiger partial charge is 0.460 e. The molecule has 0 radical (unpaired) electrons. The first kappa shape index (κ1) is 12.5. The molecule has 1 aliphatic heterocycles. The highest BCUT2D eigenvalue weighted by atomic mass is 32.2. The van der Waals surface area contributed by atoms with Crippen molar-refractivity contribution in [1.29, 1.82) is 0 Å². The van der Waals surface area contributed by atoms with Crippen molar-refractivity contribution in [1.82, 2.24) is 0 Å². The minimum Gasteiger partial charge on any atom is -0.460 e. The molecule has 8 heteroatoms. The number of nitrogens with two attached hydrogens (primary N) is 1. The second-order valence-corrected chi connectivity index (χ2v) is 6.17. The summed E-state index contributed by atoms with van der Waals surface area (Å²) >= 11 is 0. The van der Waals surface area contributed by atoms with E-state index in [1.165, 1.54) is 24.3 Å². The Balaban J connectivity index is 1.92. The molecule has 0 saturated heterocycles. The lowest BCUT2D eigenvalue weighted by molar-refractivity contribution is -0.123. The summed E-state index contributed by atoms with van der Waals surface area (Å²) in [4.78, 5) is 12.7. The number of carbonyl (C=O) groups is 1. The van der Waals surface area contributed by atoms with E-state index in [-0.39, 0.29) is 11.6 Å². The lowest BCUT2D eigenvalue weighted by atomic mass is 10.1. The number of halogens is 1. The molecular weight excluding hydrogens is 349 g/mol. The molecule has 1 aliphatic rings. The minimum atomic E-state index is -5.16. The van der Waals surface area contributed by atoms with Crippen LogP contribution < -0.4 is 5.73 Å². The third-order valence-corrected chi connectivity index (χ3v) is 3.98. The van der Waals surface area contributed by atoms with Crippen molar-refractivity contribution >= 4 is 15.9 Å². The van der Waals surface area contributed by atoms with Crippen LogP contribution in [-0.4, -0.2) is 14.2 Å². The SMILES string of the molecule is [2H]c1ccc(C2([2H])OC(N)=C(OS(=O)(=O)C([2H])([2H])c3ccc(F)cc3)C2=O)cc1. The van der Waals surface area contributed by atoms with Gasteiger partial charge in [-0.25, -0.2) is 4.39 Å². The molecule has 130 valence electrons. The lowest BCUT2D eigenvalue weighted by Gasteiger charge is -2.09. The van der Waals surface area contributed by atoms with E-state index in [2.05, 4.69) is 4.18 Å². The maximum atomic E-state index is 13.1. The average molecular weight is 367 g/mol. The summed E-state index contributed by atoms with van der Waals surface area (Å²) in [7, 11) is -5.16. The predicted molar refractivity (Wildman–Crippen MR) is 86.6 cm³/mol. The van der Waals surface area contributed by atoms with Gasteiger partial charge in [0.05, 0.1) is 5.48 Å². The van der Waals surface area contributed by atoms with E-state index in [4.69, 9.17) is 16.0 Å². The number of ketones is 1. The topological polar surface area (TPSA) is 95.7 Å². The van der Waals surface area contributed by atoms with E-state index in [9.17, 15) is 17.6 Å². The molecular formula is C17H14FNO5S. The summed E-state index contributed by atoms with van der Waals surface area (Å²) in [5.41, 5.74) is 1.91. The van der Waals surface area contributed by atoms with Crippen molar-refractivity contribution in [2.24, 2.45) is 5.73 Å². The molecule has 1 heterocycles. The van der Waals surface area contributed by atoms with Gasteiger partial charge in [-0.2, -0.15) is 8.42 Å². The van der Waals surface area contributed by atoms with Gasteiger partial charge in [0.15, 0.2) is 6.08 Å². The van der Waals surface area contributed by atoms with Crippen LogP contribution in [0.4, 0.5) is 4.39 Å². The molecule has 2 aromatic rings. The Labute approximate surface area is 149 Å². The molecule has 0 fully saturated rings. The second kappa shape index (κ2) is 6.56. The number of ether oxygens (including phenoxy) is 1. The van der Waals surface area contributed by atoms with E-state index < -0.39 is 50.7 Å². The number of hydrogen-bond acceptors (Lipinski definition) is 6. The summed E-state index contributed by atoms with van der Waals surface area (Å²) < 4.78 is 79.2. The first-order chi connectivity index (χ1) is 13.4. The van der Waals surface area contributed by atoms with E-state index in [1.807, 2.05) is 0 Å². The van der Waals surface area contributed by atoms with Crippen molar-refractivity contribution in [3.05, 3.63) is 83.2 Å². The second-order valence-electron chi connectivity index (χ2n) is 4.89. The van der Waals surface area contributed by atoms with Gasteiger partial charge in [0.2, 0.25) is 17.4 Å². The monoisotopic (exact) mass is 367 g/mol. The van der Waals surface area contributed by atoms with Crippen LogP contribution in [0.1, 0.15) is 22.7 Å². The summed E-state index contributed by atoms with van der Waals surface area (Å²) in [5.74, 6) is -3.81. The number of Topliss-reactive ketones (excluding diaryl/α,β-unsaturated/α-hetero) is 1. The first-order valence-electron chi connectivity index (χ1n) is 8.89. The lowest BCUT2D eigenvalue weighted by Crippen LogP contribution is -2.16. The van der Waals surface area contributed by atoms with Gasteiger partial charge in [0.25, 0.3) is 0 Å². The van der Waals surface area contributed by atoms with Crippen LogP contribution in [0, 0.1) is 5.82 Å². The molecule has 1 unspecified atom stereocenters. The van der Waals surface area contributed by atoms with Gasteiger partial charge in [0.1, 0.15) is 11.5 Å². The maximum absolute atomic E-state index is 13.1. The van der Waals surface area contributed by atoms with E-state index in [0.717, 1.165) is 24.3 Å².